The van der Waals surface area contributed by atoms with Gasteiger partial charge in [0.15, 0.2) is 0 Å². The van der Waals surface area contributed by atoms with E-state index in [-0.39, 0.29) is 5.91 Å². The van der Waals surface area contributed by atoms with E-state index in [4.69, 9.17) is 0 Å². The maximum atomic E-state index is 11.2. The lowest BCUT2D eigenvalue weighted by Gasteiger charge is -2.08. The summed E-state index contributed by atoms with van der Waals surface area (Å²) in [5.74, 6) is 0.121. The predicted molar refractivity (Wildman–Crippen MR) is 57.5 cm³/mol. The molecule has 0 radical (unpaired) electrons. The van der Waals surface area contributed by atoms with Crippen molar-refractivity contribution < 1.29 is 4.79 Å². The van der Waals surface area contributed by atoms with Gasteiger partial charge in [0.2, 0.25) is 5.91 Å². The van der Waals surface area contributed by atoms with Gasteiger partial charge in [0.25, 0.3) is 0 Å². The number of fused-ring (bicyclic) bond motifs is 1. The van der Waals surface area contributed by atoms with Crippen LogP contribution in [0.4, 0.5) is 5.69 Å². The summed E-state index contributed by atoms with van der Waals surface area (Å²) in [6.45, 7) is 4.31. The van der Waals surface area contributed by atoms with E-state index < -0.39 is 0 Å². The van der Waals surface area contributed by atoms with E-state index in [2.05, 4.69) is 31.3 Å². The van der Waals surface area contributed by atoms with Gasteiger partial charge in [0.1, 0.15) is 0 Å². The summed E-state index contributed by atoms with van der Waals surface area (Å²) in [6.07, 6.45) is 2.63. The molecule has 1 amide bonds. The summed E-state index contributed by atoms with van der Waals surface area (Å²) in [6, 6.07) is 4.30. The van der Waals surface area contributed by atoms with Gasteiger partial charge in [-0.1, -0.05) is 19.9 Å². The molecule has 0 saturated carbocycles. The van der Waals surface area contributed by atoms with Crippen molar-refractivity contribution in [2.24, 2.45) is 0 Å². The number of carbonyl (C=O) groups excluding carboxylic acids is 1. The summed E-state index contributed by atoms with van der Waals surface area (Å²) >= 11 is 0. The number of benzene rings is 1. The quantitative estimate of drug-likeness (QED) is 0.760. The highest BCUT2D eigenvalue weighted by Crippen LogP contribution is 2.27. The van der Waals surface area contributed by atoms with Gasteiger partial charge >= 0.3 is 0 Å². The first-order valence-electron chi connectivity index (χ1n) is 5.19. The fourth-order valence-corrected chi connectivity index (χ4v) is 2.03. The molecule has 2 nitrogen and oxygen atoms in total. The van der Waals surface area contributed by atoms with Crippen LogP contribution in [0.1, 0.15) is 30.5 Å². The molecule has 0 saturated heterocycles. The molecule has 1 aliphatic heterocycles. The number of nitrogens with one attached hydrogen (secondary N) is 1. The van der Waals surface area contributed by atoms with E-state index >= 15 is 0 Å². The summed E-state index contributed by atoms with van der Waals surface area (Å²) in [5.41, 5.74) is 4.91. The highest BCUT2D eigenvalue weighted by atomic mass is 16.1. The van der Waals surface area contributed by atoms with Crippen LogP contribution >= 0.6 is 0 Å². The van der Waals surface area contributed by atoms with Crippen molar-refractivity contribution in [3.8, 4) is 0 Å². The zero-order valence-electron chi connectivity index (χ0n) is 8.68. The molecule has 74 valence electrons. The van der Waals surface area contributed by atoms with Crippen molar-refractivity contribution >= 4 is 11.6 Å². The molecule has 1 aromatic rings. The smallest absolute Gasteiger partial charge is 0.228 e. The molecule has 2 heteroatoms. The van der Waals surface area contributed by atoms with Gasteiger partial charge < -0.3 is 5.32 Å². The molecular weight excluding hydrogens is 174 g/mol. The second kappa shape index (κ2) is 3.45. The fraction of sp³-hybridized carbons (Fsp3) is 0.417. The first-order chi connectivity index (χ1) is 6.74. The molecule has 0 spiro atoms. The molecule has 1 N–H and O–H groups in total. The van der Waals surface area contributed by atoms with E-state index in [1.54, 1.807) is 0 Å². The van der Waals surface area contributed by atoms with Crippen molar-refractivity contribution in [1.29, 1.82) is 0 Å². The van der Waals surface area contributed by atoms with Crippen LogP contribution in [0.5, 0.6) is 0 Å². The van der Waals surface area contributed by atoms with Gasteiger partial charge in [0.05, 0.1) is 6.42 Å². The van der Waals surface area contributed by atoms with Gasteiger partial charge in [0, 0.05) is 5.69 Å². The largest absolute Gasteiger partial charge is 0.326 e. The Balaban J connectivity index is 2.48. The molecule has 14 heavy (non-hydrogen) atoms. The number of anilines is 1. The van der Waals surface area contributed by atoms with Crippen LogP contribution in [0, 0.1) is 0 Å². The molecule has 0 unspecified atom stereocenters. The number of carbonyl (C=O) groups is 1. The Morgan fingerprint density at radius 2 is 1.86 bits per heavy atom. The highest BCUT2D eigenvalue weighted by molar-refractivity contribution is 5.99. The standard InChI is InChI=1S/C12H15NO/c1-3-8-5-10-7-12(14)13-11(10)6-9(8)4-2/h5-6H,3-4,7H2,1-2H3,(H,13,14). The third-order valence-corrected chi connectivity index (χ3v) is 2.81. The Hall–Kier alpha value is -1.31. The Kier molecular flexibility index (Phi) is 2.28. The lowest BCUT2D eigenvalue weighted by atomic mass is 9.98. The first kappa shape index (κ1) is 9.25. The number of amides is 1. The SMILES string of the molecule is CCc1cc2c(cc1CC)NC(=O)C2. The Morgan fingerprint density at radius 3 is 2.50 bits per heavy atom. The van der Waals surface area contributed by atoms with Gasteiger partial charge in [-0.2, -0.15) is 0 Å². The number of hydrogen-bond acceptors (Lipinski definition) is 1. The molecule has 0 bridgehead atoms. The summed E-state index contributed by atoms with van der Waals surface area (Å²) < 4.78 is 0. The average molecular weight is 189 g/mol. The van der Waals surface area contributed by atoms with Crippen LogP contribution in [0.2, 0.25) is 0 Å². The second-order valence-corrected chi connectivity index (χ2v) is 3.71. The average Bonchev–Trinajstić information content (AvgIpc) is 2.54. The Bertz CT molecular complexity index is 347. The van der Waals surface area contributed by atoms with Crippen LogP contribution in [0.3, 0.4) is 0 Å². The van der Waals surface area contributed by atoms with Crippen LogP contribution in [-0.4, -0.2) is 5.91 Å². The third-order valence-electron chi connectivity index (χ3n) is 2.81. The third kappa shape index (κ3) is 1.41. The van der Waals surface area contributed by atoms with E-state index in [1.807, 2.05) is 0 Å². The molecule has 0 aromatic heterocycles. The summed E-state index contributed by atoms with van der Waals surface area (Å²) in [5, 5.41) is 2.88. The first-order valence-corrected chi connectivity index (χ1v) is 5.19. The van der Waals surface area contributed by atoms with Crippen molar-refractivity contribution in [2.75, 3.05) is 5.32 Å². The lowest BCUT2D eigenvalue weighted by Crippen LogP contribution is -2.03. The Morgan fingerprint density at radius 1 is 1.21 bits per heavy atom. The summed E-state index contributed by atoms with van der Waals surface area (Å²) in [4.78, 5) is 11.2. The monoisotopic (exact) mass is 189 g/mol. The van der Waals surface area contributed by atoms with Crippen LogP contribution in [0.15, 0.2) is 12.1 Å². The summed E-state index contributed by atoms with van der Waals surface area (Å²) in [7, 11) is 0. The number of rotatable bonds is 2. The van der Waals surface area contributed by atoms with E-state index in [1.165, 1.54) is 11.1 Å². The second-order valence-electron chi connectivity index (χ2n) is 3.71. The van der Waals surface area contributed by atoms with Crippen molar-refractivity contribution in [3.05, 3.63) is 28.8 Å². The normalized spacial score (nSPS) is 14.0. The van der Waals surface area contributed by atoms with Gasteiger partial charge in [-0.05, 0) is 35.6 Å². The topological polar surface area (TPSA) is 29.1 Å². The minimum atomic E-state index is 0.121. The molecular formula is C12H15NO. The minimum absolute atomic E-state index is 0.121. The molecule has 1 aliphatic rings. The lowest BCUT2D eigenvalue weighted by molar-refractivity contribution is -0.115. The van der Waals surface area contributed by atoms with Crippen molar-refractivity contribution in [3.63, 3.8) is 0 Å². The Labute approximate surface area is 84.3 Å². The van der Waals surface area contributed by atoms with Gasteiger partial charge in [-0.25, -0.2) is 0 Å². The maximum Gasteiger partial charge on any atom is 0.228 e. The van der Waals surface area contributed by atoms with E-state index in [0.717, 1.165) is 24.1 Å². The molecule has 1 aromatic carbocycles. The van der Waals surface area contributed by atoms with Crippen molar-refractivity contribution in [2.45, 2.75) is 33.1 Å². The zero-order valence-corrected chi connectivity index (χ0v) is 8.68. The molecule has 0 aliphatic carbocycles. The highest BCUT2D eigenvalue weighted by Gasteiger charge is 2.18. The number of aryl methyl sites for hydroxylation is 2. The van der Waals surface area contributed by atoms with Gasteiger partial charge in [-0.3, -0.25) is 4.79 Å². The molecule has 2 rings (SSSR count). The van der Waals surface area contributed by atoms with Crippen LogP contribution in [0.25, 0.3) is 0 Å². The molecule has 1 heterocycles. The molecule has 0 fully saturated rings. The van der Waals surface area contributed by atoms with E-state index in [9.17, 15) is 4.79 Å². The zero-order chi connectivity index (χ0) is 10.1. The van der Waals surface area contributed by atoms with Gasteiger partial charge in [-0.15, -0.1) is 0 Å². The minimum Gasteiger partial charge on any atom is -0.326 e. The van der Waals surface area contributed by atoms with E-state index in [0.29, 0.717) is 6.42 Å². The molecule has 0 atom stereocenters. The number of hydrogen-bond donors (Lipinski definition) is 1. The van der Waals surface area contributed by atoms with Crippen LogP contribution < -0.4 is 5.32 Å². The maximum absolute atomic E-state index is 11.2. The van der Waals surface area contributed by atoms with Crippen LogP contribution in [-0.2, 0) is 24.1 Å². The fourth-order valence-electron chi connectivity index (χ4n) is 2.03. The van der Waals surface area contributed by atoms with Crippen molar-refractivity contribution in [1.82, 2.24) is 0 Å². The predicted octanol–water partition coefficient (Wildman–Crippen LogP) is 2.31.